The molecule has 0 amide bonds. The van der Waals surface area contributed by atoms with E-state index in [-0.39, 0.29) is 12.4 Å². The van der Waals surface area contributed by atoms with Crippen LogP contribution in [-0.4, -0.2) is 72.9 Å². The van der Waals surface area contributed by atoms with Gasteiger partial charge in [-0.1, -0.05) is 31.4 Å². The predicted octanol–water partition coefficient (Wildman–Crippen LogP) is 3.74. The lowest BCUT2D eigenvalue weighted by molar-refractivity contribution is 0.0184. The van der Waals surface area contributed by atoms with Gasteiger partial charge in [-0.2, -0.15) is 0 Å². The summed E-state index contributed by atoms with van der Waals surface area (Å²) in [7, 11) is 0. The van der Waals surface area contributed by atoms with Crippen molar-refractivity contribution in [2.75, 3.05) is 50.8 Å². The predicted molar refractivity (Wildman–Crippen MR) is 117 cm³/mol. The summed E-state index contributed by atoms with van der Waals surface area (Å²) in [6.07, 6.45) is 10.1. The molecule has 1 unspecified atom stereocenters. The highest BCUT2D eigenvalue weighted by molar-refractivity contribution is 5.47. The monoisotopic (exact) mass is 403 g/mol. The van der Waals surface area contributed by atoms with Crippen molar-refractivity contribution in [3.8, 4) is 0 Å². The maximum Gasteiger partial charge on any atom is 0.146 e. The Kier molecular flexibility index (Phi) is 7.44. The van der Waals surface area contributed by atoms with Gasteiger partial charge in [0.1, 0.15) is 5.82 Å². The van der Waals surface area contributed by atoms with Crippen LogP contribution >= 0.6 is 0 Å². The third-order valence-electron chi connectivity index (χ3n) is 7.49. The molecule has 0 radical (unpaired) electrons. The minimum Gasteiger partial charge on any atom is -0.396 e. The number of aliphatic hydroxyl groups excluding tert-OH is 1. The number of hydrogen-bond acceptors (Lipinski definition) is 4. The van der Waals surface area contributed by atoms with Gasteiger partial charge in [0.05, 0.1) is 5.69 Å². The summed E-state index contributed by atoms with van der Waals surface area (Å²) in [5.41, 5.74) is 0.751. The fourth-order valence-corrected chi connectivity index (χ4v) is 5.79. The first-order valence-corrected chi connectivity index (χ1v) is 11.8. The van der Waals surface area contributed by atoms with Crippen molar-refractivity contribution in [2.24, 2.45) is 5.92 Å². The average Bonchev–Trinajstić information content (AvgIpc) is 2.76. The van der Waals surface area contributed by atoms with E-state index in [4.69, 9.17) is 0 Å². The first-order valence-electron chi connectivity index (χ1n) is 11.8. The minimum atomic E-state index is -0.106. The second-order valence-corrected chi connectivity index (χ2v) is 9.33. The zero-order valence-corrected chi connectivity index (χ0v) is 17.8. The van der Waals surface area contributed by atoms with Gasteiger partial charge in [0, 0.05) is 58.0 Å². The second-order valence-electron chi connectivity index (χ2n) is 9.33. The molecule has 1 aromatic carbocycles. The molecule has 0 bridgehead atoms. The van der Waals surface area contributed by atoms with Crippen molar-refractivity contribution >= 4 is 5.69 Å². The standard InChI is InChI=1S/C24H38FN3O/c25-23-8-4-5-9-24(23)26-13-10-21(11-14-26)28-16-15-27(22(19-28)12-17-29)18-20-6-2-1-3-7-20/h4-5,8-9,20-22,29H,1-3,6-7,10-19H2. The molecular formula is C24H38FN3O. The molecule has 29 heavy (non-hydrogen) atoms. The van der Waals surface area contributed by atoms with E-state index in [2.05, 4.69) is 14.7 Å². The third kappa shape index (κ3) is 5.31. The van der Waals surface area contributed by atoms with Crippen molar-refractivity contribution < 1.29 is 9.50 Å². The van der Waals surface area contributed by atoms with Gasteiger partial charge in [-0.25, -0.2) is 4.39 Å². The lowest BCUT2D eigenvalue weighted by Crippen LogP contribution is -2.58. The van der Waals surface area contributed by atoms with E-state index < -0.39 is 0 Å². The largest absolute Gasteiger partial charge is 0.396 e. The number of aliphatic hydroxyl groups is 1. The van der Waals surface area contributed by atoms with Gasteiger partial charge in [-0.05, 0) is 50.2 Å². The van der Waals surface area contributed by atoms with Crippen LogP contribution in [0.2, 0.25) is 0 Å². The summed E-state index contributed by atoms with van der Waals surface area (Å²) in [5.74, 6) is 0.755. The fourth-order valence-electron chi connectivity index (χ4n) is 5.79. The van der Waals surface area contributed by atoms with Crippen LogP contribution in [0.3, 0.4) is 0 Å². The molecule has 4 nitrogen and oxygen atoms in total. The van der Waals surface area contributed by atoms with Crippen LogP contribution < -0.4 is 4.90 Å². The number of piperazine rings is 1. The summed E-state index contributed by atoms with van der Waals surface area (Å²) in [5, 5.41) is 9.64. The Bertz CT molecular complexity index is 628. The summed E-state index contributed by atoms with van der Waals surface area (Å²) in [6, 6.07) is 8.23. The normalized spacial score (nSPS) is 26.1. The van der Waals surface area contributed by atoms with Crippen molar-refractivity contribution in [1.82, 2.24) is 9.80 Å². The van der Waals surface area contributed by atoms with Gasteiger partial charge in [0.25, 0.3) is 0 Å². The lowest BCUT2D eigenvalue weighted by atomic mass is 9.88. The molecular weight excluding hydrogens is 365 g/mol. The first kappa shape index (κ1) is 21.1. The topological polar surface area (TPSA) is 30.0 Å². The number of hydrogen-bond donors (Lipinski definition) is 1. The van der Waals surface area contributed by atoms with Crippen molar-refractivity contribution in [1.29, 1.82) is 0 Å². The lowest BCUT2D eigenvalue weighted by Gasteiger charge is -2.47. The first-order chi connectivity index (χ1) is 14.2. The summed E-state index contributed by atoms with van der Waals surface area (Å²) in [4.78, 5) is 7.55. The SMILES string of the molecule is OCCC1CN(C2CCN(c3ccccc3F)CC2)CCN1CC1CCCCC1. The Morgan fingerprint density at radius 3 is 2.41 bits per heavy atom. The van der Waals surface area contributed by atoms with Gasteiger partial charge < -0.3 is 10.0 Å². The Balaban J connectivity index is 1.30. The smallest absolute Gasteiger partial charge is 0.146 e. The van der Waals surface area contributed by atoms with Gasteiger partial charge in [0.15, 0.2) is 0 Å². The molecule has 1 aromatic rings. The molecule has 1 N–H and O–H groups in total. The van der Waals surface area contributed by atoms with Gasteiger partial charge in [0.2, 0.25) is 0 Å². The number of piperidine rings is 1. The maximum absolute atomic E-state index is 14.1. The van der Waals surface area contributed by atoms with E-state index in [0.29, 0.717) is 12.1 Å². The molecule has 0 aromatic heterocycles. The molecule has 5 heteroatoms. The van der Waals surface area contributed by atoms with Gasteiger partial charge >= 0.3 is 0 Å². The molecule has 1 aliphatic carbocycles. The van der Waals surface area contributed by atoms with Crippen LogP contribution in [0, 0.1) is 11.7 Å². The van der Waals surface area contributed by atoms with E-state index in [1.165, 1.54) is 38.6 Å². The van der Waals surface area contributed by atoms with Gasteiger partial charge in [-0.3, -0.25) is 9.80 Å². The van der Waals surface area contributed by atoms with E-state index >= 15 is 0 Å². The second kappa shape index (κ2) is 10.2. The van der Waals surface area contributed by atoms with E-state index in [1.807, 2.05) is 12.1 Å². The molecule has 3 aliphatic rings. The Morgan fingerprint density at radius 1 is 0.931 bits per heavy atom. The number of nitrogens with zero attached hydrogens (tertiary/aromatic N) is 3. The zero-order valence-electron chi connectivity index (χ0n) is 17.8. The fraction of sp³-hybridized carbons (Fsp3) is 0.750. The highest BCUT2D eigenvalue weighted by Crippen LogP contribution is 2.29. The molecule has 162 valence electrons. The maximum atomic E-state index is 14.1. The number of anilines is 1. The van der Waals surface area contributed by atoms with Crippen molar-refractivity contribution in [3.63, 3.8) is 0 Å². The van der Waals surface area contributed by atoms with Crippen LogP contribution in [0.1, 0.15) is 51.4 Å². The minimum absolute atomic E-state index is 0.106. The van der Waals surface area contributed by atoms with E-state index in [1.54, 1.807) is 12.1 Å². The van der Waals surface area contributed by atoms with E-state index in [9.17, 15) is 9.50 Å². The number of para-hydroxylation sites is 1. The summed E-state index contributed by atoms with van der Waals surface area (Å²) < 4.78 is 14.1. The molecule has 3 fully saturated rings. The Labute approximate surface area is 175 Å². The molecule has 0 spiro atoms. The van der Waals surface area contributed by atoms with Crippen LogP contribution in [0.15, 0.2) is 24.3 Å². The number of halogens is 1. The quantitative estimate of drug-likeness (QED) is 0.784. The van der Waals surface area contributed by atoms with Crippen molar-refractivity contribution in [3.05, 3.63) is 30.1 Å². The van der Waals surface area contributed by atoms with Crippen molar-refractivity contribution in [2.45, 2.75) is 63.5 Å². The van der Waals surface area contributed by atoms with Crippen LogP contribution in [0.25, 0.3) is 0 Å². The highest BCUT2D eigenvalue weighted by Gasteiger charge is 2.33. The number of benzene rings is 1. The summed E-state index contributed by atoms with van der Waals surface area (Å²) in [6.45, 7) is 6.72. The van der Waals surface area contributed by atoms with Crippen LogP contribution in [0.4, 0.5) is 10.1 Å². The molecule has 1 saturated carbocycles. The molecule has 2 heterocycles. The highest BCUT2D eigenvalue weighted by atomic mass is 19.1. The van der Waals surface area contributed by atoms with Crippen LogP contribution in [0.5, 0.6) is 0 Å². The Hall–Kier alpha value is -1.17. The third-order valence-corrected chi connectivity index (χ3v) is 7.49. The summed E-state index contributed by atoms with van der Waals surface area (Å²) >= 11 is 0. The zero-order chi connectivity index (χ0) is 20.1. The van der Waals surface area contributed by atoms with Gasteiger partial charge in [-0.15, -0.1) is 0 Å². The Morgan fingerprint density at radius 2 is 1.69 bits per heavy atom. The molecule has 2 aliphatic heterocycles. The van der Waals surface area contributed by atoms with Crippen LogP contribution in [-0.2, 0) is 0 Å². The van der Waals surface area contributed by atoms with E-state index in [0.717, 1.165) is 63.6 Å². The average molecular weight is 404 g/mol. The molecule has 2 saturated heterocycles. The molecule has 1 atom stereocenters. The number of rotatable bonds is 6. The molecule has 4 rings (SSSR count).